The number of nitrogens with one attached hydrogen (secondary N) is 1. The normalized spacial score (nSPS) is 26.7. The molecule has 1 unspecified atom stereocenters. The number of rotatable bonds is 18. The SMILES string of the molecule is C=CCCC(=O)NC[C@@H](C)OC(=O)[C@@H]1[C@H]2O[C@@]3(CC2Br)[C@H](C(=O)N(CC=C)c2ccc(OC)cc2)N(CCCCCCO)C(=O)[C@@H]13. The number of benzene rings is 1. The molecule has 7 atom stereocenters. The van der Waals surface area contributed by atoms with Gasteiger partial charge in [0.25, 0.3) is 5.91 Å². The number of hydrogen-bond acceptors (Lipinski definition) is 8. The third kappa shape index (κ3) is 7.34. The number of halogens is 1. The molecule has 0 radical (unpaired) electrons. The number of esters is 1. The van der Waals surface area contributed by atoms with Crippen molar-refractivity contribution in [3.05, 3.63) is 49.6 Å². The molecule has 4 rings (SSSR count). The average Bonchev–Trinajstić information content (AvgIpc) is 3.64. The number of aliphatic hydroxyl groups is 1. The molecule has 0 aliphatic carbocycles. The predicted molar refractivity (Wildman–Crippen MR) is 177 cm³/mol. The number of alkyl halides is 1. The van der Waals surface area contributed by atoms with Crippen LogP contribution >= 0.6 is 15.9 Å². The Labute approximate surface area is 279 Å². The standard InChI is InChI=1S/C34H46BrN3O8/c1-5-7-12-26(40)36-21-22(3)45-33(43)27-28-31(41)38(18-10-8-9-11-19-39)30(34(28)20-25(35)29(27)46-34)32(42)37(17-6-2)23-13-15-24(44-4)16-14-23/h5-6,13-16,22,25,27-30,39H,1-2,7-12,17-21H2,3-4H3,(H,36,40)/t22-,25?,27+,28-,29+,30+,34-/m1/s1. The smallest absolute Gasteiger partial charge is 0.312 e. The molecule has 3 aliphatic rings. The van der Waals surface area contributed by atoms with Crippen LogP contribution in [0.15, 0.2) is 49.6 Å². The van der Waals surface area contributed by atoms with Gasteiger partial charge >= 0.3 is 5.97 Å². The lowest BCUT2D eigenvalue weighted by molar-refractivity contribution is -0.159. The number of allylic oxidation sites excluding steroid dienone is 1. The van der Waals surface area contributed by atoms with Crippen LogP contribution in [0.3, 0.4) is 0 Å². The third-order valence-corrected chi connectivity index (χ3v) is 9.89. The number of carbonyl (C=O) groups is 4. The summed E-state index contributed by atoms with van der Waals surface area (Å²) in [6.07, 6.45) is 6.03. The first-order valence-electron chi connectivity index (χ1n) is 16.0. The number of likely N-dealkylation sites (tertiary alicyclic amines) is 1. The Kier molecular flexibility index (Phi) is 12.4. The highest BCUT2D eigenvalue weighted by molar-refractivity contribution is 9.09. The zero-order valence-electron chi connectivity index (χ0n) is 26.7. The number of carbonyl (C=O) groups excluding carboxylic acids is 4. The summed E-state index contributed by atoms with van der Waals surface area (Å²) in [6.45, 7) is 9.89. The molecule has 2 N–H and O–H groups in total. The molecule has 1 aromatic carbocycles. The molecule has 46 heavy (non-hydrogen) atoms. The van der Waals surface area contributed by atoms with Gasteiger partial charge in [-0.2, -0.15) is 0 Å². The van der Waals surface area contributed by atoms with Crippen LogP contribution < -0.4 is 15.0 Å². The van der Waals surface area contributed by atoms with Gasteiger partial charge in [0.15, 0.2) is 0 Å². The van der Waals surface area contributed by atoms with Gasteiger partial charge in [-0.15, -0.1) is 13.2 Å². The summed E-state index contributed by atoms with van der Waals surface area (Å²) in [7, 11) is 1.57. The number of aliphatic hydroxyl groups excluding tert-OH is 1. The zero-order chi connectivity index (χ0) is 33.4. The fourth-order valence-corrected chi connectivity index (χ4v) is 7.87. The van der Waals surface area contributed by atoms with Crippen molar-refractivity contribution < 1.29 is 38.5 Å². The highest BCUT2D eigenvalue weighted by atomic mass is 79.9. The minimum atomic E-state index is -1.24. The van der Waals surface area contributed by atoms with Crippen LogP contribution in [-0.2, 0) is 28.7 Å². The molecule has 1 aromatic rings. The molecule has 3 saturated heterocycles. The van der Waals surface area contributed by atoms with Crippen molar-refractivity contribution in [2.24, 2.45) is 11.8 Å². The fourth-order valence-electron chi connectivity index (χ4n) is 6.93. The van der Waals surface area contributed by atoms with Crippen LogP contribution in [-0.4, -0.2) is 95.7 Å². The molecular formula is C34H46BrN3O8. The first kappa shape index (κ1) is 35.6. The molecule has 1 spiro atoms. The molecule has 3 fully saturated rings. The van der Waals surface area contributed by atoms with Gasteiger partial charge in [-0.3, -0.25) is 19.2 Å². The maximum absolute atomic E-state index is 14.7. The second-order valence-electron chi connectivity index (χ2n) is 12.1. The van der Waals surface area contributed by atoms with Crippen LogP contribution in [0.2, 0.25) is 0 Å². The van der Waals surface area contributed by atoms with Crippen molar-refractivity contribution >= 4 is 45.3 Å². The molecule has 11 nitrogen and oxygen atoms in total. The van der Waals surface area contributed by atoms with Crippen molar-refractivity contribution in [3.8, 4) is 5.75 Å². The Morgan fingerprint density at radius 2 is 1.91 bits per heavy atom. The Hall–Kier alpha value is -3.22. The van der Waals surface area contributed by atoms with E-state index < -0.39 is 41.7 Å². The molecule has 12 heteroatoms. The zero-order valence-corrected chi connectivity index (χ0v) is 28.3. The summed E-state index contributed by atoms with van der Waals surface area (Å²) < 4.78 is 17.7. The number of unbranched alkanes of at least 4 members (excludes halogenated alkanes) is 3. The summed E-state index contributed by atoms with van der Waals surface area (Å²) in [4.78, 5) is 57.7. The number of nitrogens with zero attached hydrogens (tertiary/aromatic N) is 2. The van der Waals surface area contributed by atoms with Gasteiger partial charge in [0.2, 0.25) is 11.8 Å². The molecule has 3 amide bonds. The fraction of sp³-hybridized carbons (Fsp3) is 0.588. The largest absolute Gasteiger partial charge is 0.497 e. The van der Waals surface area contributed by atoms with E-state index in [1.165, 1.54) is 0 Å². The summed E-state index contributed by atoms with van der Waals surface area (Å²) in [5.74, 6) is -2.57. The van der Waals surface area contributed by atoms with Gasteiger partial charge < -0.3 is 34.4 Å². The molecule has 0 saturated carbocycles. The quantitative estimate of drug-likeness (QED) is 0.103. The van der Waals surface area contributed by atoms with Gasteiger partial charge in [0.1, 0.15) is 23.5 Å². The third-order valence-electron chi connectivity index (χ3n) is 9.04. The van der Waals surface area contributed by atoms with Crippen LogP contribution in [0.1, 0.15) is 51.9 Å². The van der Waals surface area contributed by atoms with E-state index in [2.05, 4.69) is 34.4 Å². The summed E-state index contributed by atoms with van der Waals surface area (Å²) in [6, 6.07) is 6.11. The van der Waals surface area contributed by atoms with E-state index in [4.69, 9.17) is 14.2 Å². The number of hydrogen-bond donors (Lipinski definition) is 2. The van der Waals surface area contributed by atoms with Gasteiger partial charge in [-0.05, 0) is 56.9 Å². The minimum Gasteiger partial charge on any atom is -0.497 e. The van der Waals surface area contributed by atoms with E-state index in [-0.39, 0.29) is 48.7 Å². The Balaban J connectivity index is 1.62. The second kappa shape index (κ2) is 16.1. The van der Waals surface area contributed by atoms with Crippen LogP contribution in [0, 0.1) is 11.8 Å². The summed E-state index contributed by atoms with van der Waals surface area (Å²) in [5, 5.41) is 12.0. The highest BCUT2D eigenvalue weighted by Crippen LogP contribution is 2.60. The van der Waals surface area contributed by atoms with Crippen molar-refractivity contribution in [2.75, 3.05) is 38.3 Å². The Morgan fingerprint density at radius 1 is 1.20 bits per heavy atom. The Morgan fingerprint density at radius 3 is 2.57 bits per heavy atom. The van der Waals surface area contributed by atoms with Gasteiger partial charge in [-0.1, -0.05) is 40.9 Å². The maximum Gasteiger partial charge on any atom is 0.312 e. The van der Waals surface area contributed by atoms with Gasteiger partial charge in [0, 0.05) is 36.6 Å². The first-order chi connectivity index (χ1) is 22.1. The van der Waals surface area contributed by atoms with E-state index in [0.717, 1.165) is 12.8 Å². The molecule has 3 heterocycles. The summed E-state index contributed by atoms with van der Waals surface area (Å²) in [5.41, 5.74) is -0.626. The molecule has 2 bridgehead atoms. The lowest BCUT2D eigenvalue weighted by Crippen LogP contribution is -2.57. The van der Waals surface area contributed by atoms with Crippen LogP contribution in [0.25, 0.3) is 0 Å². The minimum absolute atomic E-state index is 0.0932. The highest BCUT2D eigenvalue weighted by Gasteiger charge is 2.77. The van der Waals surface area contributed by atoms with E-state index in [9.17, 15) is 24.3 Å². The molecule has 3 aliphatic heterocycles. The summed E-state index contributed by atoms with van der Waals surface area (Å²) >= 11 is 3.70. The lowest BCUT2D eigenvalue weighted by atomic mass is 9.70. The maximum atomic E-state index is 14.7. The monoisotopic (exact) mass is 703 g/mol. The lowest BCUT2D eigenvalue weighted by Gasteiger charge is -2.37. The number of anilines is 1. The molecular weight excluding hydrogens is 658 g/mol. The molecule has 252 valence electrons. The van der Waals surface area contributed by atoms with Gasteiger partial charge in [0.05, 0.1) is 31.6 Å². The molecule has 0 aromatic heterocycles. The number of methoxy groups -OCH3 is 1. The van der Waals surface area contributed by atoms with Crippen LogP contribution in [0.5, 0.6) is 5.75 Å². The average molecular weight is 705 g/mol. The number of ether oxygens (including phenoxy) is 3. The van der Waals surface area contributed by atoms with Crippen molar-refractivity contribution in [1.82, 2.24) is 10.2 Å². The number of fused-ring (bicyclic) bond motifs is 1. The predicted octanol–water partition coefficient (Wildman–Crippen LogP) is 3.53. The van der Waals surface area contributed by atoms with E-state index >= 15 is 0 Å². The van der Waals surface area contributed by atoms with Crippen molar-refractivity contribution in [1.29, 1.82) is 0 Å². The first-order valence-corrected chi connectivity index (χ1v) is 16.9. The van der Waals surface area contributed by atoms with E-state index in [1.807, 2.05) is 0 Å². The Bertz CT molecular complexity index is 1280. The van der Waals surface area contributed by atoms with E-state index in [0.29, 0.717) is 43.7 Å². The van der Waals surface area contributed by atoms with Gasteiger partial charge in [-0.25, -0.2) is 0 Å². The topological polar surface area (TPSA) is 135 Å². The second-order valence-corrected chi connectivity index (χ2v) is 13.3. The number of amides is 3. The van der Waals surface area contributed by atoms with E-state index in [1.54, 1.807) is 60.3 Å². The van der Waals surface area contributed by atoms with Crippen molar-refractivity contribution in [2.45, 2.75) is 80.5 Å². The van der Waals surface area contributed by atoms with Crippen LogP contribution in [0.4, 0.5) is 5.69 Å². The van der Waals surface area contributed by atoms with Crippen molar-refractivity contribution in [3.63, 3.8) is 0 Å².